The van der Waals surface area contributed by atoms with Gasteiger partial charge in [0.05, 0.1) is 12.8 Å². The third kappa shape index (κ3) is 5.23. The molecule has 2 aromatic carbocycles. The molecular weight excluding hydrogens is 342 g/mol. The van der Waals surface area contributed by atoms with Crippen molar-refractivity contribution in [3.63, 3.8) is 0 Å². The zero-order chi connectivity index (χ0) is 19.1. The molecule has 3 amide bonds. The van der Waals surface area contributed by atoms with Crippen LogP contribution < -0.4 is 20.7 Å². The van der Waals surface area contributed by atoms with E-state index in [1.807, 2.05) is 12.1 Å². The highest BCUT2D eigenvalue weighted by Gasteiger charge is 2.16. The van der Waals surface area contributed by atoms with E-state index < -0.39 is 0 Å². The number of methoxy groups -OCH3 is 1. The van der Waals surface area contributed by atoms with Gasteiger partial charge < -0.3 is 20.7 Å². The number of nitrogens with one attached hydrogen (secondary N) is 3. The van der Waals surface area contributed by atoms with E-state index in [1.54, 1.807) is 43.5 Å². The second-order valence-corrected chi connectivity index (χ2v) is 6.67. The average molecular weight is 367 g/mol. The van der Waals surface area contributed by atoms with Gasteiger partial charge in [-0.2, -0.15) is 0 Å². The Kier molecular flexibility index (Phi) is 6.30. The molecule has 6 nitrogen and oxygen atoms in total. The Balaban J connectivity index is 1.55. The van der Waals surface area contributed by atoms with Crippen molar-refractivity contribution < 1.29 is 14.3 Å². The highest BCUT2D eigenvalue weighted by Crippen LogP contribution is 2.23. The number of carbonyl (C=O) groups is 2. The van der Waals surface area contributed by atoms with Crippen molar-refractivity contribution in [3.8, 4) is 5.75 Å². The molecule has 6 heteroatoms. The number of hydrogen-bond acceptors (Lipinski definition) is 3. The molecular formula is C21H25N3O3. The van der Waals surface area contributed by atoms with Crippen LogP contribution in [0.4, 0.5) is 16.2 Å². The Morgan fingerprint density at radius 3 is 2.33 bits per heavy atom. The van der Waals surface area contributed by atoms with Gasteiger partial charge in [-0.3, -0.25) is 4.79 Å². The van der Waals surface area contributed by atoms with Crippen LogP contribution in [-0.4, -0.2) is 25.1 Å². The molecule has 3 rings (SSSR count). The van der Waals surface area contributed by atoms with Crippen LogP contribution in [0.15, 0.2) is 48.5 Å². The second-order valence-electron chi connectivity index (χ2n) is 6.67. The number of benzene rings is 2. The summed E-state index contributed by atoms with van der Waals surface area (Å²) < 4.78 is 5.21. The molecule has 1 saturated carbocycles. The third-order valence-electron chi connectivity index (χ3n) is 4.70. The fourth-order valence-electron chi connectivity index (χ4n) is 3.25. The van der Waals surface area contributed by atoms with Gasteiger partial charge in [-0.15, -0.1) is 0 Å². The lowest BCUT2D eigenvalue weighted by atomic mass is 9.95. The molecule has 3 N–H and O–H groups in total. The maximum absolute atomic E-state index is 12.3. The first-order chi connectivity index (χ1) is 13.2. The lowest BCUT2D eigenvalue weighted by Gasteiger charge is -2.22. The van der Waals surface area contributed by atoms with Gasteiger partial charge in [0.2, 0.25) is 0 Å². The molecule has 0 unspecified atom stereocenters. The zero-order valence-corrected chi connectivity index (χ0v) is 15.5. The van der Waals surface area contributed by atoms with E-state index in [4.69, 9.17) is 4.74 Å². The lowest BCUT2D eigenvalue weighted by Crippen LogP contribution is -2.36. The fourth-order valence-corrected chi connectivity index (χ4v) is 3.25. The summed E-state index contributed by atoms with van der Waals surface area (Å²) in [5.74, 6) is 0.523. The van der Waals surface area contributed by atoms with Gasteiger partial charge in [-0.25, -0.2) is 4.79 Å². The molecule has 0 aromatic heterocycles. The first-order valence-corrected chi connectivity index (χ1v) is 9.27. The number of ether oxygens (including phenoxy) is 1. The van der Waals surface area contributed by atoms with Crippen LogP contribution in [0.2, 0.25) is 0 Å². The quantitative estimate of drug-likeness (QED) is 0.733. The Morgan fingerprint density at radius 2 is 1.63 bits per heavy atom. The van der Waals surface area contributed by atoms with Crippen LogP contribution in [0.1, 0.15) is 42.5 Å². The topological polar surface area (TPSA) is 79.5 Å². The van der Waals surface area contributed by atoms with Gasteiger partial charge in [-0.1, -0.05) is 31.4 Å². The Morgan fingerprint density at radius 1 is 0.926 bits per heavy atom. The van der Waals surface area contributed by atoms with Crippen LogP contribution in [0.3, 0.4) is 0 Å². The molecule has 0 spiro atoms. The molecule has 1 aliphatic rings. The molecule has 1 fully saturated rings. The monoisotopic (exact) mass is 367 g/mol. The van der Waals surface area contributed by atoms with Gasteiger partial charge in [0.1, 0.15) is 5.75 Å². The van der Waals surface area contributed by atoms with Crippen LogP contribution in [0.5, 0.6) is 5.75 Å². The predicted octanol–water partition coefficient (Wildman–Crippen LogP) is 4.40. The SMILES string of the molecule is COc1ccccc1NC(=O)Nc1ccc(C(=O)NC2CCCCC2)cc1. The molecule has 0 aliphatic heterocycles. The molecule has 0 heterocycles. The Labute approximate surface area is 159 Å². The number of urea groups is 1. The summed E-state index contributed by atoms with van der Waals surface area (Å²) in [5.41, 5.74) is 1.79. The molecule has 27 heavy (non-hydrogen) atoms. The molecule has 0 radical (unpaired) electrons. The molecule has 0 saturated heterocycles. The highest BCUT2D eigenvalue weighted by atomic mass is 16.5. The van der Waals surface area contributed by atoms with Crippen molar-refractivity contribution in [3.05, 3.63) is 54.1 Å². The van der Waals surface area contributed by atoms with Crippen LogP contribution in [0, 0.1) is 0 Å². The molecule has 0 bridgehead atoms. The van der Waals surface area contributed by atoms with Crippen LogP contribution in [-0.2, 0) is 0 Å². The summed E-state index contributed by atoms with van der Waals surface area (Å²) >= 11 is 0. The van der Waals surface area contributed by atoms with Crippen molar-refractivity contribution in [2.45, 2.75) is 38.1 Å². The number of hydrogen-bond donors (Lipinski definition) is 3. The van der Waals surface area contributed by atoms with Gasteiger partial charge >= 0.3 is 6.03 Å². The highest BCUT2D eigenvalue weighted by molar-refractivity contribution is 6.01. The standard InChI is InChI=1S/C21H25N3O3/c1-27-19-10-6-5-9-18(19)24-21(26)23-17-13-11-15(12-14-17)20(25)22-16-7-3-2-4-8-16/h5-6,9-14,16H,2-4,7-8H2,1H3,(H,22,25)(H2,23,24,26). The number of carbonyl (C=O) groups excluding carboxylic acids is 2. The molecule has 1 aliphatic carbocycles. The van der Waals surface area contributed by atoms with Crippen molar-refractivity contribution in [1.82, 2.24) is 5.32 Å². The average Bonchev–Trinajstić information content (AvgIpc) is 2.69. The minimum atomic E-state index is -0.376. The lowest BCUT2D eigenvalue weighted by molar-refractivity contribution is 0.0927. The summed E-state index contributed by atoms with van der Waals surface area (Å²) in [6.07, 6.45) is 5.71. The largest absolute Gasteiger partial charge is 0.495 e. The van der Waals surface area contributed by atoms with Crippen molar-refractivity contribution in [1.29, 1.82) is 0 Å². The summed E-state index contributed by atoms with van der Waals surface area (Å²) in [6.45, 7) is 0. The van der Waals surface area contributed by atoms with Gasteiger partial charge in [0, 0.05) is 17.3 Å². The van der Waals surface area contributed by atoms with E-state index >= 15 is 0 Å². The Bertz CT molecular complexity index is 784. The number of para-hydroxylation sites is 2. The third-order valence-corrected chi connectivity index (χ3v) is 4.70. The fraction of sp³-hybridized carbons (Fsp3) is 0.333. The van der Waals surface area contributed by atoms with E-state index in [0.29, 0.717) is 22.7 Å². The summed E-state index contributed by atoms with van der Waals surface area (Å²) in [6, 6.07) is 14.0. The van der Waals surface area contributed by atoms with Crippen LogP contribution >= 0.6 is 0 Å². The second kappa shape index (κ2) is 9.07. The summed E-state index contributed by atoms with van der Waals surface area (Å²) in [7, 11) is 1.55. The minimum absolute atomic E-state index is 0.0630. The van der Waals surface area contributed by atoms with Crippen LogP contribution in [0.25, 0.3) is 0 Å². The van der Waals surface area contributed by atoms with Crippen molar-refractivity contribution >= 4 is 23.3 Å². The van der Waals surface area contributed by atoms with E-state index in [9.17, 15) is 9.59 Å². The number of amides is 3. The van der Waals surface area contributed by atoms with E-state index in [-0.39, 0.29) is 18.0 Å². The van der Waals surface area contributed by atoms with Crippen molar-refractivity contribution in [2.75, 3.05) is 17.7 Å². The predicted molar refractivity (Wildman–Crippen MR) is 106 cm³/mol. The van der Waals surface area contributed by atoms with Gasteiger partial charge in [0.25, 0.3) is 5.91 Å². The molecule has 2 aromatic rings. The summed E-state index contributed by atoms with van der Waals surface area (Å²) in [4.78, 5) is 24.5. The van der Waals surface area contributed by atoms with Crippen molar-refractivity contribution in [2.24, 2.45) is 0 Å². The number of anilines is 2. The summed E-state index contributed by atoms with van der Waals surface area (Å²) in [5, 5.41) is 8.59. The molecule has 0 atom stereocenters. The van der Waals surface area contributed by atoms with E-state index in [2.05, 4.69) is 16.0 Å². The Hall–Kier alpha value is -3.02. The normalized spacial score (nSPS) is 14.3. The smallest absolute Gasteiger partial charge is 0.323 e. The first kappa shape index (κ1) is 18.8. The van der Waals surface area contributed by atoms with Gasteiger partial charge in [-0.05, 0) is 49.2 Å². The van der Waals surface area contributed by atoms with E-state index in [0.717, 1.165) is 12.8 Å². The van der Waals surface area contributed by atoms with E-state index in [1.165, 1.54) is 19.3 Å². The zero-order valence-electron chi connectivity index (χ0n) is 15.5. The maximum Gasteiger partial charge on any atom is 0.323 e. The number of rotatable bonds is 5. The maximum atomic E-state index is 12.3. The minimum Gasteiger partial charge on any atom is -0.495 e. The first-order valence-electron chi connectivity index (χ1n) is 9.27. The molecule has 142 valence electrons. The van der Waals surface area contributed by atoms with Gasteiger partial charge in [0.15, 0.2) is 0 Å².